The standard InChI is InChI=1S/C22H24N4O2/c1-17-6-5-8-20(14-17)24-10-12-25(13-11-24)22(28)16-26(18(2)27)21-9-4-3-7-19(21)15-23/h3-9,14H,10-13,16H2,1-2H3. The molecule has 2 aromatic carbocycles. The van der Waals surface area contributed by atoms with Crippen LogP contribution in [0.3, 0.4) is 0 Å². The van der Waals surface area contributed by atoms with Crippen molar-refractivity contribution in [2.24, 2.45) is 0 Å². The Labute approximate surface area is 165 Å². The van der Waals surface area contributed by atoms with E-state index in [0.717, 1.165) is 13.1 Å². The largest absolute Gasteiger partial charge is 0.368 e. The molecule has 1 heterocycles. The molecule has 0 N–H and O–H groups in total. The Balaban J connectivity index is 1.66. The number of carbonyl (C=O) groups excluding carboxylic acids is 2. The van der Waals surface area contributed by atoms with Crippen molar-refractivity contribution in [3.05, 3.63) is 59.7 Å². The number of rotatable bonds is 4. The van der Waals surface area contributed by atoms with Crippen molar-refractivity contribution in [1.82, 2.24) is 4.90 Å². The van der Waals surface area contributed by atoms with Gasteiger partial charge in [0.15, 0.2) is 0 Å². The predicted octanol–water partition coefficient (Wildman–Crippen LogP) is 2.57. The van der Waals surface area contributed by atoms with Crippen molar-refractivity contribution in [3.63, 3.8) is 0 Å². The quantitative estimate of drug-likeness (QED) is 0.823. The van der Waals surface area contributed by atoms with Crippen LogP contribution in [0.4, 0.5) is 11.4 Å². The van der Waals surface area contributed by atoms with Crippen LogP contribution < -0.4 is 9.80 Å². The van der Waals surface area contributed by atoms with Crippen molar-refractivity contribution >= 4 is 23.2 Å². The number of carbonyl (C=O) groups is 2. The zero-order chi connectivity index (χ0) is 20.1. The molecule has 6 nitrogen and oxygen atoms in total. The lowest BCUT2D eigenvalue weighted by molar-refractivity contribution is -0.131. The highest BCUT2D eigenvalue weighted by Crippen LogP contribution is 2.21. The molecule has 144 valence electrons. The van der Waals surface area contributed by atoms with Crippen molar-refractivity contribution in [1.29, 1.82) is 5.26 Å². The first-order valence-corrected chi connectivity index (χ1v) is 9.36. The Bertz CT molecular complexity index is 911. The second-order valence-electron chi connectivity index (χ2n) is 6.94. The molecular formula is C22H24N4O2. The molecule has 2 amide bonds. The summed E-state index contributed by atoms with van der Waals surface area (Å²) in [6.07, 6.45) is 0. The van der Waals surface area contributed by atoms with Crippen LogP contribution in [-0.4, -0.2) is 49.4 Å². The number of anilines is 2. The van der Waals surface area contributed by atoms with E-state index < -0.39 is 0 Å². The predicted molar refractivity (Wildman–Crippen MR) is 109 cm³/mol. The molecule has 2 aromatic rings. The highest BCUT2D eigenvalue weighted by molar-refractivity contribution is 5.98. The first-order valence-electron chi connectivity index (χ1n) is 9.36. The lowest BCUT2D eigenvalue weighted by Gasteiger charge is -2.37. The highest BCUT2D eigenvalue weighted by Gasteiger charge is 2.25. The topological polar surface area (TPSA) is 67.7 Å². The van der Waals surface area contributed by atoms with Gasteiger partial charge in [-0.15, -0.1) is 0 Å². The first-order chi connectivity index (χ1) is 13.5. The summed E-state index contributed by atoms with van der Waals surface area (Å²) in [6, 6.07) is 17.3. The number of aryl methyl sites for hydroxylation is 1. The van der Waals surface area contributed by atoms with Crippen LogP contribution in [0, 0.1) is 18.3 Å². The second-order valence-corrected chi connectivity index (χ2v) is 6.94. The molecule has 3 rings (SSSR count). The van der Waals surface area contributed by atoms with Gasteiger partial charge < -0.3 is 14.7 Å². The van der Waals surface area contributed by atoms with E-state index in [1.807, 2.05) is 6.07 Å². The molecule has 6 heteroatoms. The minimum Gasteiger partial charge on any atom is -0.368 e. The Hall–Kier alpha value is -3.33. The smallest absolute Gasteiger partial charge is 0.242 e. The van der Waals surface area contributed by atoms with Crippen LogP contribution in [0.1, 0.15) is 18.1 Å². The fraction of sp³-hybridized carbons (Fsp3) is 0.318. The number of hydrogen-bond acceptors (Lipinski definition) is 4. The molecule has 0 aliphatic carbocycles. The van der Waals surface area contributed by atoms with Gasteiger partial charge in [-0.05, 0) is 36.8 Å². The van der Waals surface area contributed by atoms with Gasteiger partial charge in [-0.3, -0.25) is 9.59 Å². The summed E-state index contributed by atoms with van der Waals surface area (Å²) in [6.45, 7) is 6.15. The van der Waals surface area contributed by atoms with Gasteiger partial charge in [-0.25, -0.2) is 0 Å². The molecule has 28 heavy (non-hydrogen) atoms. The van der Waals surface area contributed by atoms with Crippen LogP contribution in [0.25, 0.3) is 0 Å². The Morgan fingerprint density at radius 3 is 2.43 bits per heavy atom. The molecule has 0 saturated carbocycles. The molecule has 1 aliphatic rings. The summed E-state index contributed by atoms with van der Waals surface area (Å²) in [5, 5.41) is 9.30. The van der Waals surface area contributed by atoms with E-state index >= 15 is 0 Å². The summed E-state index contributed by atoms with van der Waals surface area (Å²) in [5.41, 5.74) is 3.24. The molecule has 0 atom stereocenters. The van der Waals surface area contributed by atoms with E-state index in [-0.39, 0.29) is 18.4 Å². The molecule has 1 saturated heterocycles. The van der Waals surface area contributed by atoms with Gasteiger partial charge in [-0.1, -0.05) is 24.3 Å². The fourth-order valence-corrected chi connectivity index (χ4v) is 3.44. The van der Waals surface area contributed by atoms with Gasteiger partial charge >= 0.3 is 0 Å². The van der Waals surface area contributed by atoms with E-state index in [0.29, 0.717) is 24.3 Å². The van der Waals surface area contributed by atoms with Gasteiger partial charge in [0.05, 0.1) is 11.3 Å². The minimum absolute atomic E-state index is 0.0571. The lowest BCUT2D eigenvalue weighted by Crippen LogP contribution is -2.52. The number of nitriles is 1. The second kappa shape index (κ2) is 8.57. The van der Waals surface area contributed by atoms with Crippen molar-refractivity contribution < 1.29 is 9.59 Å². The molecule has 1 aliphatic heterocycles. The van der Waals surface area contributed by atoms with E-state index in [1.54, 1.807) is 29.2 Å². The third-order valence-corrected chi connectivity index (χ3v) is 4.99. The first kappa shape index (κ1) is 19.4. The van der Waals surface area contributed by atoms with Gasteiger partial charge in [0.1, 0.15) is 12.6 Å². The zero-order valence-corrected chi connectivity index (χ0v) is 16.3. The monoisotopic (exact) mass is 376 g/mol. The van der Waals surface area contributed by atoms with Crippen LogP contribution in [0.2, 0.25) is 0 Å². The summed E-state index contributed by atoms with van der Waals surface area (Å²) in [5.74, 6) is -0.360. The van der Waals surface area contributed by atoms with Gasteiger partial charge in [-0.2, -0.15) is 5.26 Å². The van der Waals surface area contributed by atoms with E-state index in [9.17, 15) is 14.9 Å². The van der Waals surface area contributed by atoms with E-state index in [2.05, 4.69) is 36.1 Å². The number of para-hydroxylation sites is 1. The van der Waals surface area contributed by atoms with Crippen LogP contribution >= 0.6 is 0 Å². The highest BCUT2D eigenvalue weighted by atomic mass is 16.2. The Kier molecular flexibility index (Phi) is 5.95. The van der Waals surface area contributed by atoms with Crippen molar-refractivity contribution in [2.75, 3.05) is 42.5 Å². The summed E-state index contributed by atoms with van der Waals surface area (Å²) >= 11 is 0. The van der Waals surface area contributed by atoms with Crippen molar-refractivity contribution in [2.45, 2.75) is 13.8 Å². The molecule has 0 spiro atoms. The van der Waals surface area contributed by atoms with Crippen molar-refractivity contribution in [3.8, 4) is 6.07 Å². The fourth-order valence-electron chi connectivity index (χ4n) is 3.44. The average Bonchev–Trinajstić information content (AvgIpc) is 2.71. The molecule has 1 fully saturated rings. The maximum absolute atomic E-state index is 12.8. The van der Waals surface area contributed by atoms with Crippen LogP contribution in [-0.2, 0) is 9.59 Å². The third kappa shape index (κ3) is 4.32. The van der Waals surface area contributed by atoms with Crippen LogP contribution in [0.15, 0.2) is 48.5 Å². The number of amides is 2. The average molecular weight is 376 g/mol. The maximum atomic E-state index is 12.8. The van der Waals surface area contributed by atoms with Gasteiger partial charge in [0, 0.05) is 38.8 Å². The van der Waals surface area contributed by atoms with Gasteiger partial charge in [0.2, 0.25) is 11.8 Å². The Morgan fingerprint density at radius 1 is 1.07 bits per heavy atom. The molecule has 0 unspecified atom stereocenters. The summed E-state index contributed by atoms with van der Waals surface area (Å²) < 4.78 is 0. The number of benzene rings is 2. The Morgan fingerprint density at radius 2 is 1.79 bits per heavy atom. The van der Waals surface area contributed by atoms with E-state index in [4.69, 9.17) is 0 Å². The normalized spacial score (nSPS) is 13.8. The number of nitrogens with zero attached hydrogens (tertiary/aromatic N) is 4. The minimum atomic E-state index is -0.255. The maximum Gasteiger partial charge on any atom is 0.242 e. The summed E-state index contributed by atoms with van der Waals surface area (Å²) in [7, 11) is 0. The molecular weight excluding hydrogens is 352 g/mol. The number of piperazine rings is 1. The SMILES string of the molecule is CC(=O)N(CC(=O)N1CCN(c2cccc(C)c2)CC1)c1ccccc1C#N. The van der Waals surface area contributed by atoms with Crippen LogP contribution in [0.5, 0.6) is 0 Å². The summed E-state index contributed by atoms with van der Waals surface area (Å²) in [4.78, 5) is 30.4. The zero-order valence-electron chi connectivity index (χ0n) is 16.3. The van der Waals surface area contributed by atoms with Gasteiger partial charge in [0.25, 0.3) is 0 Å². The number of hydrogen-bond donors (Lipinski definition) is 0. The molecule has 0 bridgehead atoms. The lowest BCUT2D eigenvalue weighted by atomic mass is 10.1. The third-order valence-electron chi connectivity index (χ3n) is 4.99. The molecule has 0 aromatic heterocycles. The molecule has 0 radical (unpaired) electrons. The van der Waals surface area contributed by atoms with E-state index in [1.165, 1.54) is 23.1 Å².